The van der Waals surface area contributed by atoms with Gasteiger partial charge in [-0.15, -0.1) is 0 Å². The molecule has 1 aliphatic carbocycles. The van der Waals surface area contributed by atoms with Gasteiger partial charge >= 0.3 is 0 Å². The molecule has 0 aromatic heterocycles. The fraction of sp³-hybridized carbons (Fsp3) is 0.600. The summed E-state index contributed by atoms with van der Waals surface area (Å²) < 4.78 is 17.5. The first-order valence-electron chi connectivity index (χ1n) is 6.96. The summed E-state index contributed by atoms with van der Waals surface area (Å²) in [5.41, 5.74) is 7.33. The number of hydrogen-bond acceptors (Lipinski definition) is 4. The Morgan fingerprint density at radius 1 is 1.21 bits per heavy atom. The maximum Gasteiger partial charge on any atom is 0.171 e. The van der Waals surface area contributed by atoms with Gasteiger partial charge in [0.05, 0.1) is 25.9 Å². The highest BCUT2D eigenvalue weighted by Crippen LogP contribution is 2.36. The molecular weight excluding hydrogens is 242 g/mol. The Balaban J connectivity index is 1.59. The van der Waals surface area contributed by atoms with Gasteiger partial charge in [-0.25, -0.2) is 0 Å². The highest BCUT2D eigenvalue weighted by Gasteiger charge is 2.44. The van der Waals surface area contributed by atoms with Crippen LogP contribution >= 0.6 is 0 Å². The third-order valence-corrected chi connectivity index (χ3v) is 3.97. The van der Waals surface area contributed by atoms with Crippen molar-refractivity contribution in [2.24, 2.45) is 5.73 Å². The first-order chi connectivity index (χ1) is 9.27. The second-order valence-electron chi connectivity index (χ2n) is 5.35. The Bertz CT molecular complexity index is 403. The standard InChI is InChI=1S/C15H21NO3/c16-13-6-7-15(18-8-9-19-15)10-14(13)17-11-12-4-2-1-3-5-12/h1-5,13-14H,6-11,16H2/t13-,14-/m0/s1. The van der Waals surface area contributed by atoms with E-state index in [1.54, 1.807) is 0 Å². The first kappa shape index (κ1) is 13.1. The van der Waals surface area contributed by atoms with Crippen molar-refractivity contribution in [3.8, 4) is 0 Å². The second-order valence-corrected chi connectivity index (χ2v) is 5.35. The summed E-state index contributed by atoms with van der Waals surface area (Å²) in [5, 5.41) is 0. The number of benzene rings is 1. The summed E-state index contributed by atoms with van der Waals surface area (Å²) in [6, 6.07) is 10.2. The zero-order valence-corrected chi connectivity index (χ0v) is 11.1. The van der Waals surface area contributed by atoms with Gasteiger partial charge < -0.3 is 19.9 Å². The summed E-state index contributed by atoms with van der Waals surface area (Å²) in [6.45, 7) is 1.95. The van der Waals surface area contributed by atoms with E-state index in [1.165, 1.54) is 5.56 Å². The molecule has 1 aromatic carbocycles. The second kappa shape index (κ2) is 5.59. The van der Waals surface area contributed by atoms with Gasteiger partial charge in [0, 0.05) is 18.9 Å². The van der Waals surface area contributed by atoms with Crippen molar-refractivity contribution in [3.63, 3.8) is 0 Å². The van der Waals surface area contributed by atoms with Crippen molar-refractivity contribution < 1.29 is 14.2 Å². The lowest BCUT2D eigenvalue weighted by molar-refractivity contribution is -0.206. The van der Waals surface area contributed by atoms with Gasteiger partial charge in [0.1, 0.15) is 0 Å². The normalized spacial score (nSPS) is 29.7. The minimum atomic E-state index is -0.433. The van der Waals surface area contributed by atoms with Crippen LogP contribution in [0.1, 0.15) is 24.8 Å². The Hall–Kier alpha value is -0.940. The lowest BCUT2D eigenvalue weighted by Gasteiger charge is -2.39. The topological polar surface area (TPSA) is 53.7 Å². The number of nitrogens with two attached hydrogens (primary N) is 1. The zero-order chi connectivity index (χ0) is 13.1. The molecule has 0 amide bonds. The fourth-order valence-electron chi connectivity index (χ4n) is 2.85. The van der Waals surface area contributed by atoms with Gasteiger partial charge in [0.25, 0.3) is 0 Å². The van der Waals surface area contributed by atoms with Crippen LogP contribution < -0.4 is 5.73 Å². The predicted molar refractivity (Wildman–Crippen MR) is 71.5 cm³/mol. The molecule has 3 rings (SSSR count). The van der Waals surface area contributed by atoms with E-state index in [0.717, 1.165) is 19.3 Å². The van der Waals surface area contributed by atoms with Crippen LogP contribution in [0.15, 0.2) is 30.3 Å². The third kappa shape index (κ3) is 2.98. The molecule has 1 saturated heterocycles. The molecule has 2 N–H and O–H groups in total. The van der Waals surface area contributed by atoms with Gasteiger partial charge in [0.2, 0.25) is 0 Å². The molecule has 19 heavy (non-hydrogen) atoms. The summed E-state index contributed by atoms with van der Waals surface area (Å²) in [4.78, 5) is 0. The highest BCUT2D eigenvalue weighted by atomic mass is 16.7. The number of rotatable bonds is 3. The smallest absolute Gasteiger partial charge is 0.171 e. The Morgan fingerprint density at radius 3 is 2.68 bits per heavy atom. The maximum atomic E-state index is 6.16. The average Bonchev–Trinajstić information content (AvgIpc) is 2.90. The molecule has 0 unspecified atom stereocenters. The van der Waals surface area contributed by atoms with E-state index in [1.807, 2.05) is 18.2 Å². The SMILES string of the molecule is N[C@H]1CCC2(C[C@@H]1OCc1ccccc1)OCCO2. The van der Waals surface area contributed by atoms with Crippen LogP contribution in [0.5, 0.6) is 0 Å². The van der Waals surface area contributed by atoms with E-state index in [4.69, 9.17) is 19.9 Å². The molecule has 4 nitrogen and oxygen atoms in total. The van der Waals surface area contributed by atoms with E-state index in [9.17, 15) is 0 Å². The maximum absolute atomic E-state index is 6.16. The van der Waals surface area contributed by atoms with Crippen molar-refractivity contribution in [1.82, 2.24) is 0 Å². The van der Waals surface area contributed by atoms with E-state index >= 15 is 0 Å². The Labute approximate surface area is 113 Å². The zero-order valence-electron chi connectivity index (χ0n) is 11.1. The van der Waals surface area contributed by atoms with Crippen LogP contribution in [0.25, 0.3) is 0 Å². The van der Waals surface area contributed by atoms with Crippen LogP contribution in [0.3, 0.4) is 0 Å². The molecule has 104 valence electrons. The van der Waals surface area contributed by atoms with Crippen LogP contribution in [0.2, 0.25) is 0 Å². The van der Waals surface area contributed by atoms with Gasteiger partial charge in [-0.05, 0) is 12.0 Å². The van der Waals surface area contributed by atoms with Gasteiger partial charge in [-0.3, -0.25) is 0 Å². The summed E-state index contributed by atoms with van der Waals surface area (Å²) in [5.74, 6) is -0.433. The van der Waals surface area contributed by atoms with Crippen molar-refractivity contribution in [1.29, 1.82) is 0 Å². The first-order valence-corrected chi connectivity index (χ1v) is 6.96. The number of ether oxygens (including phenoxy) is 3. The van der Waals surface area contributed by atoms with Gasteiger partial charge in [-0.1, -0.05) is 30.3 Å². The number of hydrogen-bond donors (Lipinski definition) is 1. The molecule has 2 fully saturated rings. The van der Waals surface area contributed by atoms with E-state index in [-0.39, 0.29) is 12.1 Å². The van der Waals surface area contributed by atoms with Crippen molar-refractivity contribution in [2.75, 3.05) is 13.2 Å². The molecular formula is C15H21NO3. The van der Waals surface area contributed by atoms with E-state index < -0.39 is 5.79 Å². The summed E-state index contributed by atoms with van der Waals surface area (Å²) >= 11 is 0. The van der Waals surface area contributed by atoms with Crippen LogP contribution in [0.4, 0.5) is 0 Å². The highest BCUT2D eigenvalue weighted by molar-refractivity contribution is 5.13. The van der Waals surface area contributed by atoms with Crippen molar-refractivity contribution >= 4 is 0 Å². The molecule has 2 atom stereocenters. The molecule has 1 heterocycles. The fourth-order valence-corrected chi connectivity index (χ4v) is 2.85. The van der Waals surface area contributed by atoms with Gasteiger partial charge in [0.15, 0.2) is 5.79 Å². The van der Waals surface area contributed by atoms with Crippen LogP contribution in [0, 0.1) is 0 Å². The average molecular weight is 263 g/mol. The molecule has 0 radical (unpaired) electrons. The molecule has 1 aliphatic heterocycles. The monoisotopic (exact) mass is 263 g/mol. The van der Waals surface area contributed by atoms with E-state index in [2.05, 4.69) is 12.1 Å². The Kier molecular flexibility index (Phi) is 3.84. The third-order valence-electron chi connectivity index (χ3n) is 3.97. The lowest BCUT2D eigenvalue weighted by atomic mass is 9.88. The Morgan fingerprint density at radius 2 is 1.95 bits per heavy atom. The molecule has 4 heteroatoms. The minimum Gasteiger partial charge on any atom is -0.372 e. The molecule has 1 aromatic rings. The van der Waals surface area contributed by atoms with E-state index in [0.29, 0.717) is 19.8 Å². The summed E-state index contributed by atoms with van der Waals surface area (Å²) in [6.07, 6.45) is 2.51. The largest absolute Gasteiger partial charge is 0.372 e. The summed E-state index contributed by atoms with van der Waals surface area (Å²) in [7, 11) is 0. The molecule has 2 aliphatic rings. The van der Waals surface area contributed by atoms with Gasteiger partial charge in [-0.2, -0.15) is 0 Å². The minimum absolute atomic E-state index is 0.00653. The molecule has 1 spiro atoms. The predicted octanol–water partition coefficient (Wildman–Crippen LogP) is 1.83. The quantitative estimate of drug-likeness (QED) is 0.904. The van der Waals surface area contributed by atoms with Crippen molar-refractivity contribution in [2.45, 2.75) is 43.8 Å². The lowest BCUT2D eigenvalue weighted by Crippen LogP contribution is -2.50. The molecule has 0 bridgehead atoms. The molecule has 1 saturated carbocycles. The van der Waals surface area contributed by atoms with Crippen molar-refractivity contribution in [3.05, 3.63) is 35.9 Å². The van der Waals surface area contributed by atoms with Crippen LogP contribution in [-0.2, 0) is 20.8 Å². The van der Waals surface area contributed by atoms with Crippen LogP contribution in [-0.4, -0.2) is 31.1 Å².